The van der Waals surface area contributed by atoms with Crippen molar-refractivity contribution in [3.63, 3.8) is 0 Å². The van der Waals surface area contributed by atoms with Gasteiger partial charge in [-0.3, -0.25) is 13.9 Å². The Bertz CT molecular complexity index is 1520. The van der Waals surface area contributed by atoms with Gasteiger partial charge in [0.15, 0.2) is 11.2 Å². The maximum Gasteiger partial charge on any atom is 0.407 e. The number of halogens is 1. The van der Waals surface area contributed by atoms with Crippen LogP contribution >= 0.6 is 0 Å². The summed E-state index contributed by atoms with van der Waals surface area (Å²) in [5.41, 5.74) is 1.13. The average molecular weight is 555 g/mol. The van der Waals surface area contributed by atoms with Crippen molar-refractivity contribution in [3.05, 3.63) is 68.1 Å². The van der Waals surface area contributed by atoms with Crippen molar-refractivity contribution in [1.82, 2.24) is 24.0 Å². The molecule has 216 valence electrons. The summed E-state index contributed by atoms with van der Waals surface area (Å²) in [7, 11) is 1.47. The SMILES string of the molecule is CC(C)=CCn1c(N2CCCC(NC(=O)OC(C)(C)C)C2)nc2c1c(=O)n(C)c(=O)n2CCc1ccc(F)cc1. The number of amides is 1. The summed E-state index contributed by atoms with van der Waals surface area (Å²) in [6, 6.07) is 5.98. The number of aromatic nitrogens is 4. The number of hydrogen-bond acceptors (Lipinski definition) is 6. The van der Waals surface area contributed by atoms with E-state index < -0.39 is 22.9 Å². The lowest BCUT2D eigenvalue weighted by Gasteiger charge is -2.34. The maximum absolute atomic E-state index is 13.5. The van der Waals surface area contributed by atoms with Crippen LogP contribution in [-0.2, 0) is 31.3 Å². The number of carbonyl (C=O) groups excluding carboxylic acids is 1. The predicted molar refractivity (Wildman–Crippen MR) is 153 cm³/mol. The van der Waals surface area contributed by atoms with Gasteiger partial charge in [0.1, 0.15) is 11.4 Å². The molecular weight excluding hydrogens is 515 g/mol. The van der Waals surface area contributed by atoms with E-state index in [1.807, 2.05) is 45.3 Å². The van der Waals surface area contributed by atoms with Crippen LogP contribution in [0.4, 0.5) is 15.1 Å². The number of allylic oxidation sites excluding steroid dienone is 2. The first-order chi connectivity index (χ1) is 18.8. The van der Waals surface area contributed by atoms with Gasteiger partial charge in [-0.2, -0.15) is 4.98 Å². The Morgan fingerprint density at radius 3 is 2.52 bits per heavy atom. The Morgan fingerprint density at radius 2 is 1.88 bits per heavy atom. The first-order valence-electron chi connectivity index (χ1n) is 13.7. The van der Waals surface area contributed by atoms with E-state index in [2.05, 4.69) is 10.2 Å². The minimum absolute atomic E-state index is 0.163. The summed E-state index contributed by atoms with van der Waals surface area (Å²) in [4.78, 5) is 46.1. The van der Waals surface area contributed by atoms with Crippen molar-refractivity contribution in [2.75, 3.05) is 18.0 Å². The standard InChI is InChI=1S/C29H39FN6O4/c1-19(2)13-16-35-23-24(32-26(35)34-15-7-8-22(18-34)31-27(38)40-29(3,4)5)36(28(39)33(6)25(23)37)17-14-20-9-11-21(30)12-10-20/h9-13,22H,7-8,14-18H2,1-6H3,(H,31,38). The van der Waals surface area contributed by atoms with Crippen LogP contribution in [0.5, 0.6) is 0 Å². The third-order valence-electron chi connectivity index (χ3n) is 6.85. The molecule has 4 rings (SSSR count). The van der Waals surface area contributed by atoms with Crippen molar-refractivity contribution in [2.24, 2.45) is 7.05 Å². The first kappa shape index (κ1) is 29.1. The lowest BCUT2D eigenvalue weighted by molar-refractivity contribution is 0.0499. The van der Waals surface area contributed by atoms with Gasteiger partial charge in [-0.1, -0.05) is 23.8 Å². The fraction of sp³-hybridized carbons (Fsp3) is 0.517. The van der Waals surface area contributed by atoms with Crippen molar-refractivity contribution < 1.29 is 13.9 Å². The molecule has 1 amide bonds. The van der Waals surface area contributed by atoms with E-state index in [1.54, 1.807) is 12.1 Å². The van der Waals surface area contributed by atoms with Crippen molar-refractivity contribution in [3.8, 4) is 0 Å². The monoisotopic (exact) mass is 554 g/mol. The number of imidazole rings is 1. The second-order valence-electron chi connectivity index (χ2n) is 11.6. The van der Waals surface area contributed by atoms with E-state index in [9.17, 15) is 18.8 Å². The summed E-state index contributed by atoms with van der Waals surface area (Å²) >= 11 is 0. The molecule has 11 heteroatoms. The highest BCUT2D eigenvalue weighted by atomic mass is 19.1. The number of piperidine rings is 1. The lowest BCUT2D eigenvalue weighted by Crippen LogP contribution is -2.49. The molecule has 0 radical (unpaired) electrons. The Morgan fingerprint density at radius 1 is 1.18 bits per heavy atom. The van der Waals surface area contributed by atoms with Crippen molar-refractivity contribution in [2.45, 2.75) is 78.6 Å². The molecule has 0 saturated carbocycles. The molecule has 1 aromatic carbocycles. The van der Waals surface area contributed by atoms with Gasteiger partial charge in [0.2, 0.25) is 5.95 Å². The molecule has 3 heterocycles. The van der Waals surface area contributed by atoms with Crippen LogP contribution in [0.25, 0.3) is 11.2 Å². The molecule has 0 spiro atoms. The fourth-order valence-corrected chi connectivity index (χ4v) is 4.88. The van der Waals surface area contributed by atoms with E-state index in [0.29, 0.717) is 43.2 Å². The minimum Gasteiger partial charge on any atom is -0.444 e. The quantitative estimate of drug-likeness (QED) is 0.447. The molecule has 1 aliphatic heterocycles. The molecule has 1 unspecified atom stereocenters. The summed E-state index contributed by atoms with van der Waals surface area (Å²) in [5, 5.41) is 2.96. The second-order valence-corrected chi connectivity index (χ2v) is 11.6. The Hall–Kier alpha value is -3.89. The minimum atomic E-state index is -0.603. The molecule has 2 aromatic heterocycles. The van der Waals surface area contributed by atoms with Gasteiger partial charge in [-0.05, 0) is 71.6 Å². The molecule has 1 N–H and O–H groups in total. The Kier molecular flexibility index (Phi) is 8.51. The number of aryl methyl sites for hydroxylation is 2. The molecule has 0 bridgehead atoms. The van der Waals surface area contributed by atoms with Gasteiger partial charge >= 0.3 is 11.8 Å². The van der Waals surface area contributed by atoms with E-state index in [-0.39, 0.29) is 18.4 Å². The van der Waals surface area contributed by atoms with Gasteiger partial charge in [-0.15, -0.1) is 0 Å². The molecular formula is C29H39FN6O4. The van der Waals surface area contributed by atoms with Gasteiger partial charge in [0.25, 0.3) is 5.56 Å². The maximum atomic E-state index is 13.5. The topological polar surface area (TPSA) is 103 Å². The summed E-state index contributed by atoms with van der Waals surface area (Å²) < 4.78 is 23.3. The normalized spacial score (nSPS) is 15.8. The molecule has 1 aliphatic rings. The molecule has 1 fully saturated rings. The zero-order valence-electron chi connectivity index (χ0n) is 24.2. The van der Waals surface area contributed by atoms with Crippen LogP contribution in [0.15, 0.2) is 45.5 Å². The average Bonchev–Trinajstić information content (AvgIpc) is 3.25. The van der Waals surface area contributed by atoms with Crippen molar-refractivity contribution >= 4 is 23.2 Å². The number of ether oxygens (including phenoxy) is 1. The van der Waals surface area contributed by atoms with Crippen LogP contribution in [0.1, 0.15) is 53.0 Å². The Labute approximate surface area is 233 Å². The van der Waals surface area contributed by atoms with Gasteiger partial charge in [-0.25, -0.2) is 14.0 Å². The number of rotatable bonds is 7. The molecule has 1 atom stereocenters. The highest BCUT2D eigenvalue weighted by molar-refractivity contribution is 5.75. The van der Waals surface area contributed by atoms with Crippen LogP contribution in [0.2, 0.25) is 0 Å². The van der Waals surface area contributed by atoms with Crippen LogP contribution in [0, 0.1) is 5.82 Å². The largest absolute Gasteiger partial charge is 0.444 e. The predicted octanol–water partition coefficient (Wildman–Crippen LogP) is 3.74. The molecule has 1 saturated heterocycles. The molecule has 10 nitrogen and oxygen atoms in total. The number of nitrogens with one attached hydrogen (secondary N) is 1. The number of carbonyl (C=O) groups is 1. The number of nitrogens with zero attached hydrogens (tertiary/aromatic N) is 5. The Balaban J connectivity index is 1.74. The highest BCUT2D eigenvalue weighted by Crippen LogP contribution is 2.24. The molecule has 0 aliphatic carbocycles. The van der Waals surface area contributed by atoms with Crippen LogP contribution in [-0.4, -0.2) is 49.5 Å². The van der Waals surface area contributed by atoms with E-state index >= 15 is 0 Å². The summed E-state index contributed by atoms with van der Waals surface area (Å²) in [6.45, 7) is 11.3. The fourth-order valence-electron chi connectivity index (χ4n) is 4.88. The zero-order valence-corrected chi connectivity index (χ0v) is 24.2. The van der Waals surface area contributed by atoms with E-state index in [1.165, 1.54) is 23.7 Å². The smallest absolute Gasteiger partial charge is 0.407 e. The lowest BCUT2D eigenvalue weighted by atomic mass is 10.1. The van der Waals surface area contributed by atoms with E-state index in [4.69, 9.17) is 9.72 Å². The number of anilines is 1. The number of hydrogen-bond donors (Lipinski definition) is 1. The van der Waals surface area contributed by atoms with Gasteiger partial charge in [0.05, 0.1) is 0 Å². The second kappa shape index (κ2) is 11.7. The van der Waals surface area contributed by atoms with E-state index in [0.717, 1.165) is 28.5 Å². The van der Waals surface area contributed by atoms with Gasteiger partial charge < -0.3 is 19.5 Å². The molecule has 40 heavy (non-hydrogen) atoms. The van der Waals surface area contributed by atoms with Gasteiger partial charge in [0, 0.05) is 39.3 Å². The third kappa shape index (κ3) is 6.63. The summed E-state index contributed by atoms with van der Waals surface area (Å²) in [5.74, 6) is 0.246. The number of benzene rings is 1. The molecule has 3 aromatic rings. The summed E-state index contributed by atoms with van der Waals surface area (Å²) in [6.07, 6.45) is 3.60. The number of alkyl carbamates (subject to hydrolysis) is 1. The third-order valence-corrected chi connectivity index (χ3v) is 6.85. The van der Waals surface area contributed by atoms with Crippen LogP contribution in [0.3, 0.4) is 0 Å². The first-order valence-corrected chi connectivity index (χ1v) is 13.7. The highest BCUT2D eigenvalue weighted by Gasteiger charge is 2.29. The zero-order chi connectivity index (χ0) is 29.2. The van der Waals surface area contributed by atoms with Crippen molar-refractivity contribution in [1.29, 1.82) is 0 Å². The van der Waals surface area contributed by atoms with Crippen LogP contribution < -0.4 is 21.5 Å². The number of fused-ring (bicyclic) bond motifs is 1.